The van der Waals surface area contributed by atoms with Crippen LogP contribution in [0.15, 0.2) is 29.6 Å². The molecule has 0 atom stereocenters. The van der Waals surface area contributed by atoms with Crippen LogP contribution in [-0.2, 0) is 4.74 Å². The van der Waals surface area contributed by atoms with E-state index in [1.54, 1.807) is 4.90 Å². The maximum absolute atomic E-state index is 12.3. The summed E-state index contributed by atoms with van der Waals surface area (Å²) in [7, 11) is 0. The van der Waals surface area contributed by atoms with Crippen molar-refractivity contribution < 1.29 is 9.53 Å². The number of aromatic nitrogens is 1. The number of ether oxygens (including phenoxy) is 1. The van der Waals surface area contributed by atoms with Gasteiger partial charge in [-0.15, -0.1) is 11.3 Å². The highest BCUT2D eigenvalue weighted by molar-refractivity contribution is 7.13. The molecule has 0 spiro atoms. The van der Waals surface area contributed by atoms with E-state index in [1.165, 1.54) is 11.3 Å². The van der Waals surface area contributed by atoms with Gasteiger partial charge in [0.05, 0.1) is 13.2 Å². The summed E-state index contributed by atoms with van der Waals surface area (Å²) in [6, 6.07) is 10.6. The summed E-state index contributed by atoms with van der Waals surface area (Å²) < 4.78 is 5.25. The Hall–Kier alpha value is -1.72. The van der Waals surface area contributed by atoms with Crippen LogP contribution < -0.4 is 0 Å². The summed E-state index contributed by atoms with van der Waals surface area (Å²) in [6.07, 6.45) is 0. The Balaban J connectivity index is 1.79. The fraction of sp³-hybridized carbons (Fsp3) is 0.286. The highest BCUT2D eigenvalue weighted by Crippen LogP contribution is 2.23. The van der Waals surface area contributed by atoms with Crippen LogP contribution in [0.5, 0.6) is 0 Å². The van der Waals surface area contributed by atoms with E-state index in [4.69, 9.17) is 4.74 Å². The van der Waals surface area contributed by atoms with Crippen molar-refractivity contribution in [1.29, 1.82) is 0 Å². The molecule has 1 aliphatic heterocycles. The summed E-state index contributed by atoms with van der Waals surface area (Å²) in [5.41, 5.74) is 1.54. The van der Waals surface area contributed by atoms with Crippen molar-refractivity contribution >= 4 is 17.2 Å². The first kappa shape index (κ1) is 12.3. The molecule has 2 aromatic rings. The lowest BCUT2D eigenvalue weighted by Crippen LogP contribution is -2.40. The lowest BCUT2D eigenvalue weighted by molar-refractivity contribution is 0.0299. The van der Waals surface area contributed by atoms with E-state index in [0.717, 1.165) is 10.6 Å². The van der Waals surface area contributed by atoms with Crippen molar-refractivity contribution in [2.24, 2.45) is 0 Å². The molecule has 0 bridgehead atoms. The molecule has 0 N–H and O–H groups in total. The Morgan fingerprint density at radius 1 is 1.32 bits per heavy atom. The molecule has 0 saturated carbocycles. The van der Waals surface area contributed by atoms with Gasteiger partial charge in [0.2, 0.25) is 0 Å². The number of rotatable bonds is 2. The Morgan fingerprint density at radius 2 is 2.05 bits per heavy atom. The molecule has 0 unspecified atom stereocenters. The molecule has 1 aromatic carbocycles. The Kier molecular flexibility index (Phi) is 3.57. The van der Waals surface area contributed by atoms with Crippen LogP contribution in [0.4, 0.5) is 0 Å². The first-order chi connectivity index (χ1) is 9.34. The third-order valence-corrected chi connectivity index (χ3v) is 3.88. The molecule has 19 heavy (non-hydrogen) atoms. The van der Waals surface area contributed by atoms with Crippen LogP contribution in [0.1, 0.15) is 10.5 Å². The topological polar surface area (TPSA) is 42.4 Å². The Morgan fingerprint density at radius 3 is 2.79 bits per heavy atom. The molecular weight excluding hydrogens is 260 g/mol. The normalized spacial score (nSPS) is 15.5. The van der Waals surface area contributed by atoms with Crippen molar-refractivity contribution in [3.8, 4) is 10.6 Å². The van der Waals surface area contributed by atoms with Gasteiger partial charge in [-0.3, -0.25) is 4.79 Å². The molecule has 4 nitrogen and oxygen atoms in total. The minimum Gasteiger partial charge on any atom is -0.378 e. The summed E-state index contributed by atoms with van der Waals surface area (Å²) in [5, 5.41) is 2.69. The summed E-state index contributed by atoms with van der Waals surface area (Å²) in [4.78, 5) is 18.5. The van der Waals surface area contributed by atoms with E-state index in [1.807, 2.05) is 29.6 Å². The van der Waals surface area contributed by atoms with Crippen LogP contribution in [0, 0.1) is 6.07 Å². The van der Waals surface area contributed by atoms with Crippen molar-refractivity contribution in [1.82, 2.24) is 9.88 Å². The molecular formula is C14H13N2O2S. The number of hydrogen-bond donors (Lipinski definition) is 0. The fourth-order valence-electron chi connectivity index (χ4n) is 1.96. The largest absolute Gasteiger partial charge is 0.378 e. The minimum atomic E-state index is -0.00621. The van der Waals surface area contributed by atoms with E-state index in [-0.39, 0.29) is 5.91 Å². The average molecular weight is 273 g/mol. The first-order valence-electron chi connectivity index (χ1n) is 6.13. The second-order valence-electron chi connectivity index (χ2n) is 4.23. The summed E-state index contributed by atoms with van der Waals surface area (Å²) in [6.45, 7) is 2.51. The number of nitrogens with zero attached hydrogens (tertiary/aromatic N) is 2. The maximum Gasteiger partial charge on any atom is 0.273 e. The fourth-order valence-corrected chi connectivity index (χ4v) is 2.76. The van der Waals surface area contributed by atoms with Gasteiger partial charge in [0.25, 0.3) is 5.91 Å². The van der Waals surface area contributed by atoms with Crippen molar-refractivity contribution in [2.75, 3.05) is 26.3 Å². The van der Waals surface area contributed by atoms with Crippen LogP contribution in [0.25, 0.3) is 10.6 Å². The lowest BCUT2D eigenvalue weighted by Gasteiger charge is -2.25. The number of benzene rings is 1. The zero-order chi connectivity index (χ0) is 13.1. The van der Waals surface area contributed by atoms with Gasteiger partial charge < -0.3 is 9.64 Å². The van der Waals surface area contributed by atoms with Crippen LogP contribution >= 0.6 is 11.3 Å². The van der Waals surface area contributed by atoms with Crippen LogP contribution in [-0.4, -0.2) is 42.1 Å². The number of carbonyl (C=O) groups excluding carboxylic acids is 1. The van der Waals surface area contributed by atoms with E-state index >= 15 is 0 Å². The zero-order valence-corrected chi connectivity index (χ0v) is 11.2. The molecule has 1 fully saturated rings. The monoisotopic (exact) mass is 273 g/mol. The molecule has 5 heteroatoms. The molecule has 1 aromatic heterocycles. The third kappa shape index (κ3) is 2.67. The standard InChI is InChI=1S/C14H13N2O2S/c17-14(16-6-8-18-9-7-16)12-10-19-13(15-12)11-4-2-1-3-5-11/h2-5,10H,6-9H2. The highest BCUT2D eigenvalue weighted by Gasteiger charge is 2.20. The molecule has 2 heterocycles. The van der Waals surface area contributed by atoms with Crippen LogP contribution in [0.3, 0.4) is 0 Å². The third-order valence-electron chi connectivity index (χ3n) is 2.99. The van der Waals surface area contributed by atoms with Gasteiger partial charge >= 0.3 is 0 Å². The SMILES string of the molecule is O=C(c1csc(-c2cc[c]cc2)n1)N1CCOCC1. The lowest BCUT2D eigenvalue weighted by atomic mass is 10.2. The molecule has 3 rings (SSSR count). The zero-order valence-electron chi connectivity index (χ0n) is 10.3. The van der Waals surface area contributed by atoms with Crippen molar-refractivity contribution in [3.63, 3.8) is 0 Å². The summed E-state index contributed by atoms with van der Waals surface area (Å²) >= 11 is 1.49. The molecule has 1 saturated heterocycles. The molecule has 97 valence electrons. The van der Waals surface area contributed by atoms with E-state index in [9.17, 15) is 4.79 Å². The molecule has 1 aliphatic rings. The maximum atomic E-state index is 12.3. The Bertz CT molecular complexity index is 562. The van der Waals surface area contributed by atoms with Gasteiger partial charge in [0.15, 0.2) is 0 Å². The van der Waals surface area contributed by atoms with Gasteiger partial charge in [-0.25, -0.2) is 4.98 Å². The molecule has 1 radical (unpaired) electrons. The molecule has 0 aliphatic carbocycles. The van der Waals surface area contributed by atoms with Gasteiger partial charge in [-0.1, -0.05) is 24.3 Å². The second-order valence-corrected chi connectivity index (χ2v) is 5.09. The highest BCUT2D eigenvalue weighted by atomic mass is 32.1. The smallest absolute Gasteiger partial charge is 0.273 e. The first-order valence-corrected chi connectivity index (χ1v) is 7.01. The number of carbonyl (C=O) groups is 1. The number of morpholine rings is 1. The van der Waals surface area contributed by atoms with Gasteiger partial charge in [0.1, 0.15) is 10.7 Å². The Labute approximate surface area is 115 Å². The number of thiazole rings is 1. The van der Waals surface area contributed by atoms with E-state index in [0.29, 0.717) is 32.0 Å². The second kappa shape index (κ2) is 5.50. The predicted molar refractivity (Wildman–Crippen MR) is 73.1 cm³/mol. The predicted octanol–water partition coefficient (Wildman–Crippen LogP) is 2.08. The quantitative estimate of drug-likeness (QED) is 0.841. The van der Waals surface area contributed by atoms with Crippen LogP contribution in [0.2, 0.25) is 0 Å². The van der Waals surface area contributed by atoms with Crippen molar-refractivity contribution in [2.45, 2.75) is 0 Å². The number of amides is 1. The molecule has 1 amide bonds. The van der Waals surface area contributed by atoms with Gasteiger partial charge in [-0.05, 0) is 6.07 Å². The van der Waals surface area contributed by atoms with E-state index in [2.05, 4.69) is 11.1 Å². The number of hydrogen-bond acceptors (Lipinski definition) is 4. The van der Waals surface area contributed by atoms with Crippen molar-refractivity contribution in [3.05, 3.63) is 41.4 Å². The minimum absolute atomic E-state index is 0.00621. The average Bonchev–Trinajstić information content (AvgIpc) is 2.98. The summed E-state index contributed by atoms with van der Waals surface area (Å²) in [5.74, 6) is -0.00621. The van der Waals surface area contributed by atoms with E-state index < -0.39 is 0 Å². The van der Waals surface area contributed by atoms with Gasteiger partial charge in [0, 0.05) is 24.0 Å². The van der Waals surface area contributed by atoms with Gasteiger partial charge in [-0.2, -0.15) is 0 Å².